The van der Waals surface area contributed by atoms with Gasteiger partial charge in [-0.3, -0.25) is 18.9 Å². The van der Waals surface area contributed by atoms with E-state index in [9.17, 15) is 9.59 Å². The Balaban J connectivity index is 1.77. The molecule has 0 aliphatic carbocycles. The SMILES string of the molecule is CN1C(=O)/C(=C/c2c(NC[C@H]3CCCO3)nc3ccccn3c2=O)SC1=S. The molecule has 0 radical (unpaired) electrons. The molecular formula is C18H18N4O3S2. The first-order valence-electron chi connectivity index (χ1n) is 8.63. The molecule has 2 aromatic heterocycles. The van der Waals surface area contributed by atoms with Crippen LogP contribution in [-0.2, 0) is 9.53 Å². The Morgan fingerprint density at radius 2 is 2.30 bits per heavy atom. The van der Waals surface area contributed by atoms with Crippen LogP contribution in [0.15, 0.2) is 34.1 Å². The zero-order valence-electron chi connectivity index (χ0n) is 14.7. The van der Waals surface area contributed by atoms with Crippen molar-refractivity contribution in [2.24, 2.45) is 0 Å². The summed E-state index contributed by atoms with van der Waals surface area (Å²) in [4.78, 5) is 31.8. The average molecular weight is 403 g/mol. The van der Waals surface area contributed by atoms with Crippen molar-refractivity contribution in [3.8, 4) is 0 Å². The van der Waals surface area contributed by atoms with Gasteiger partial charge in [-0.15, -0.1) is 0 Å². The van der Waals surface area contributed by atoms with Gasteiger partial charge in [-0.1, -0.05) is 30.0 Å². The summed E-state index contributed by atoms with van der Waals surface area (Å²) in [6.07, 6.45) is 5.35. The van der Waals surface area contributed by atoms with Crippen LogP contribution in [0.25, 0.3) is 11.7 Å². The zero-order chi connectivity index (χ0) is 19.0. The molecule has 2 aliphatic rings. The van der Waals surface area contributed by atoms with Gasteiger partial charge in [0.25, 0.3) is 11.5 Å². The number of hydrogen-bond donors (Lipinski definition) is 1. The number of thioether (sulfide) groups is 1. The lowest BCUT2D eigenvalue weighted by Crippen LogP contribution is -2.25. The van der Waals surface area contributed by atoms with Gasteiger partial charge in [-0.05, 0) is 31.1 Å². The monoisotopic (exact) mass is 402 g/mol. The topological polar surface area (TPSA) is 75.9 Å². The molecule has 4 rings (SSSR count). The highest BCUT2D eigenvalue weighted by Crippen LogP contribution is 2.31. The first-order chi connectivity index (χ1) is 13.0. The number of ether oxygens (including phenoxy) is 1. The van der Waals surface area contributed by atoms with Gasteiger partial charge >= 0.3 is 0 Å². The van der Waals surface area contributed by atoms with Crippen molar-refractivity contribution < 1.29 is 9.53 Å². The maximum Gasteiger partial charge on any atom is 0.267 e. The van der Waals surface area contributed by atoms with Crippen LogP contribution >= 0.6 is 24.0 Å². The minimum Gasteiger partial charge on any atom is -0.376 e. The molecule has 0 bridgehead atoms. The molecule has 2 fully saturated rings. The van der Waals surface area contributed by atoms with Gasteiger partial charge in [0.15, 0.2) is 0 Å². The van der Waals surface area contributed by atoms with Gasteiger partial charge in [0.05, 0.1) is 16.6 Å². The van der Waals surface area contributed by atoms with Gasteiger partial charge in [-0.2, -0.15) is 0 Å². The first-order valence-corrected chi connectivity index (χ1v) is 9.85. The lowest BCUT2D eigenvalue weighted by Gasteiger charge is -2.14. The highest BCUT2D eigenvalue weighted by Gasteiger charge is 2.29. The Morgan fingerprint density at radius 3 is 3.00 bits per heavy atom. The Kier molecular flexibility index (Phi) is 4.98. The van der Waals surface area contributed by atoms with E-state index in [-0.39, 0.29) is 17.6 Å². The molecule has 0 unspecified atom stereocenters. The second-order valence-corrected chi connectivity index (χ2v) is 8.04. The van der Waals surface area contributed by atoms with E-state index in [2.05, 4.69) is 10.3 Å². The maximum atomic E-state index is 13.0. The van der Waals surface area contributed by atoms with Crippen molar-refractivity contribution in [1.82, 2.24) is 14.3 Å². The minimum atomic E-state index is -0.239. The number of nitrogens with zero attached hydrogens (tertiary/aromatic N) is 3. The second kappa shape index (κ2) is 7.41. The fourth-order valence-electron chi connectivity index (χ4n) is 3.06. The smallest absolute Gasteiger partial charge is 0.267 e. The highest BCUT2D eigenvalue weighted by molar-refractivity contribution is 8.26. The molecule has 0 spiro atoms. The summed E-state index contributed by atoms with van der Waals surface area (Å²) in [5.41, 5.74) is 0.639. The lowest BCUT2D eigenvalue weighted by molar-refractivity contribution is -0.121. The number of fused-ring (bicyclic) bond motifs is 1. The molecule has 2 aliphatic heterocycles. The maximum absolute atomic E-state index is 13.0. The summed E-state index contributed by atoms with van der Waals surface area (Å²) in [6.45, 7) is 1.32. The third-order valence-electron chi connectivity index (χ3n) is 4.55. The number of hydrogen-bond acceptors (Lipinski definition) is 7. The summed E-state index contributed by atoms with van der Waals surface area (Å²) in [5, 5.41) is 3.24. The van der Waals surface area contributed by atoms with E-state index < -0.39 is 0 Å². The van der Waals surface area contributed by atoms with Crippen molar-refractivity contribution in [3.05, 3.63) is 45.2 Å². The number of pyridine rings is 1. The molecule has 0 aromatic carbocycles. The van der Waals surface area contributed by atoms with Crippen LogP contribution < -0.4 is 10.9 Å². The lowest BCUT2D eigenvalue weighted by atomic mass is 10.2. The zero-order valence-corrected chi connectivity index (χ0v) is 16.3. The summed E-state index contributed by atoms with van der Waals surface area (Å²) >= 11 is 6.36. The molecule has 2 saturated heterocycles. The standard InChI is InChI=1S/C18H18N4O3S2/c1-21-17(24)13(27-18(21)26)9-12-15(19-10-11-5-4-8-25-11)20-14-6-2-3-7-22(14)16(12)23/h2-3,6-7,9,11,19H,4-5,8,10H2,1H3/b13-9-/t11-/m1/s1. The van der Waals surface area contributed by atoms with Gasteiger partial charge in [0.1, 0.15) is 15.8 Å². The number of carbonyl (C=O) groups excluding carboxylic acids is 1. The van der Waals surface area contributed by atoms with E-state index in [0.717, 1.165) is 19.4 Å². The Hall–Kier alpha value is -2.23. The third-order valence-corrected chi connectivity index (χ3v) is 6.04. The highest BCUT2D eigenvalue weighted by atomic mass is 32.2. The fourth-order valence-corrected chi connectivity index (χ4v) is 4.22. The summed E-state index contributed by atoms with van der Waals surface area (Å²) in [6, 6.07) is 5.37. The average Bonchev–Trinajstić information content (AvgIpc) is 3.27. The number of aromatic nitrogens is 2. The van der Waals surface area contributed by atoms with Crippen molar-refractivity contribution in [2.75, 3.05) is 25.5 Å². The molecule has 0 saturated carbocycles. The Bertz CT molecular complexity index is 1010. The molecule has 9 heteroatoms. The van der Waals surface area contributed by atoms with Crippen LogP contribution in [0.5, 0.6) is 0 Å². The van der Waals surface area contributed by atoms with Crippen LogP contribution in [0.3, 0.4) is 0 Å². The molecule has 2 aromatic rings. The Morgan fingerprint density at radius 1 is 1.44 bits per heavy atom. The molecule has 27 heavy (non-hydrogen) atoms. The van der Waals surface area contributed by atoms with Crippen LogP contribution in [0, 0.1) is 0 Å². The van der Waals surface area contributed by atoms with Crippen LogP contribution in [-0.4, -0.2) is 50.8 Å². The first kappa shape index (κ1) is 18.1. The largest absolute Gasteiger partial charge is 0.376 e. The van der Waals surface area contributed by atoms with E-state index in [0.29, 0.717) is 32.8 Å². The molecule has 140 valence electrons. The van der Waals surface area contributed by atoms with Crippen molar-refractivity contribution in [3.63, 3.8) is 0 Å². The van der Waals surface area contributed by atoms with Crippen LogP contribution in [0.4, 0.5) is 5.82 Å². The second-order valence-electron chi connectivity index (χ2n) is 6.36. The van der Waals surface area contributed by atoms with E-state index >= 15 is 0 Å². The number of thiocarbonyl (C=S) groups is 1. The minimum absolute atomic E-state index is 0.0997. The van der Waals surface area contributed by atoms with Crippen LogP contribution in [0.2, 0.25) is 0 Å². The third kappa shape index (κ3) is 3.50. The van der Waals surface area contributed by atoms with Gasteiger partial charge < -0.3 is 10.1 Å². The quantitative estimate of drug-likeness (QED) is 0.620. The van der Waals surface area contributed by atoms with Crippen molar-refractivity contribution in [1.29, 1.82) is 0 Å². The van der Waals surface area contributed by atoms with E-state index in [4.69, 9.17) is 17.0 Å². The molecule has 1 amide bonds. The van der Waals surface area contributed by atoms with Gasteiger partial charge in [-0.25, -0.2) is 4.98 Å². The number of likely N-dealkylation sites (N-methyl/N-ethyl adjacent to an activating group) is 1. The number of rotatable bonds is 4. The predicted molar refractivity (Wildman–Crippen MR) is 110 cm³/mol. The summed E-state index contributed by atoms with van der Waals surface area (Å²) < 4.78 is 7.57. The molecular weight excluding hydrogens is 384 g/mol. The molecule has 4 heterocycles. The predicted octanol–water partition coefficient (Wildman–Crippen LogP) is 2.12. The van der Waals surface area contributed by atoms with Crippen molar-refractivity contribution >= 4 is 51.7 Å². The van der Waals surface area contributed by atoms with Gasteiger partial charge in [0, 0.05) is 26.4 Å². The Labute approximate surface area is 165 Å². The van der Waals surface area contributed by atoms with E-state index in [1.54, 1.807) is 31.5 Å². The van der Waals surface area contributed by atoms with E-state index in [1.165, 1.54) is 21.1 Å². The number of carbonyl (C=O) groups is 1. The van der Waals surface area contributed by atoms with Gasteiger partial charge in [0.2, 0.25) is 0 Å². The summed E-state index contributed by atoms with van der Waals surface area (Å²) in [7, 11) is 1.63. The number of nitrogens with one attached hydrogen (secondary N) is 1. The normalized spacial score (nSPS) is 21.6. The number of amides is 1. The molecule has 1 N–H and O–H groups in total. The van der Waals surface area contributed by atoms with Crippen molar-refractivity contribution in [2.45, 2.75) is 18.9 Å². The molecule has 1 atom stereocenters. The summed E-state index contributed by atoms with van der Waals surface area (Å²) in [5.74, 6) is 0.232. The van der Waals surface area contributed by atoms with Crippen LogP contribution in [0.1, 0.15) is 18.4 Å². The molecule has 7 nitrogen and oxygen atoms in total. The number of anilines is 1. The van der Waals surface area contributed by atoms with E-state index in [1.807, 2.05) is 6.07 Å². The fraction of sp³-hybridized carbons (Fsp3) is 0.333.